The highest BCUT2D eigenvalue weighted by Crippen LogP contribution is 2.02. The Morgan fingerprint density at radius 3 is 3.09 bits per heavy atom. The summed E-state index contributed by atoms with van der Waals surface area (Å²) in [6.07, 6.45) is 6.55. The number of aryl methyl sites for hydroxylation is 1. The van der Waals surface area contributed by atoms with E-state index in [2.05, 4.69) is 21.5 Å². The van der Waals surface area contributed by atoms with Crippen LogP contribution in [0.4, 0.5) is 0 Å². The van der Waals surface area contributed by atoms with Gasteiger partial charge in [0.15, 0.2) is 0 Å². The third-order valence-electron chi connectivity index (χ3n) is 1.49. The number of ether oxygens (including phenoxy) is 1. The fourth-order valence-electron chi connectivity index (χ4n) is 0.883. The number of hydrogen-bond acceptors (Lipinski definition) is 3. The maximum Gasteiger partial charge on any atom is 0.126 e. The molecule has 61 valence electrons. The van der Waals surface area contributed by atoms with Crippen molar-refractivity contribution >= 4 is 0 Å². The molecule has 11 heavy (non-hydrogen) atoms. The van der Waals surface area contributed by atoms with Gasteiger partial charge in [-0.25, -0.2) is 0 Å². The zero-order valence-electron chi connectivity index (χ0n) is 6.45. The van der Waals surface area contributed by atoms with Gasteiger partial charge in [-0.2, -0.15) is 0 Å². The number of aromatic nitrogens is 1. The van der Waals surface area contributed by atoms with E-state index in [9.17, 15) is 0 Å². The van der Waals surface area contributed by atoms with Crippen molar-refractivity contribution in [2.45, 2.75) is 19.3 Å². The van der Waals surface area contributed by atoms with Gasteiger partial charge in [-0.1, -0.05) is 5.16 Å². The smallest absolute Gasteiger partial charge is 0.126 e. The van der Waals surface area contributed by atoms with Gasteiger partial charge in [0.1, 0.15) is 6.26 Å². The third-order valence-corrected chi connectivity index (χ3v) is 1.49. The maximum atomic E-state index is 4.68. The minimum atomic E-state index is 0.727. The summed E-state index contributed by atoms with van der Waals surface area (Å²) >= 11 is 0. The molecule has 3 nitrogen and oxygen atoms in total. The van der Waals surface area contributed by atoms with E-state index in [1.165, 1.54) is 0 Å². The molecule has 0 saturated carbocycles. The van der Waals surface area contributed by atoms with Gasteiger partial charge in [0.05, 0.1) is 13.3 Å². The van der Waals surface area contributed by atoms with Gasteiger partial charge in [-0.3, -0.25) is 0 Å². The second-order valence-electron chi connectivity index (χ2n) is 2.40. The number of nitrogens with zero attached hydrogens (tertiary/aromatic N) is 1. The molecule has 0 atom stereocenters. The molecule has 0 bridgehead atoms. The van der Waals surface area contributed by atoms with Gasteiger partial charge in [0.25, 0.3) is 0 Å². The summed E-state index contributed by atoms with van der Waals surface area (Å²) in [5.41, 5.74) is 1.15. The van der Waals surface area contributed by atoms with Crippen LogP contribution >= 0.6 is 0 Å². The molecule has 0 spiro atoms. The van der Waals surface area contributed by atoms with Crippen LogP contribution in [-0.2, 0) is 11.2 Å². The van der Waals surface area contributed by atoms with Crippen molar-refractivity contribution in [1.82, 2.24) is 5.16 Å². The van der Waals surface area contributed by atoms with E-state index < -0.39 is 0 Å². The third kappa shape index (κ3) is 3.18. The lowest BCUT2D eigenvalue weighted by Gasteiger charge is -1.95. The summed E-state index contributed by atoms with van der Waals surface area (Å²) in [5, 5.41) is 3.60. The fraction of sp³-hybridized carbons (Fsp3) is 0.500. The van der Waals surface area contributed by atoms with E-state index in [-0.39, 0.29) is 0 Å². The summed E-state index contributed by atoms with van der Waals surface area (Å²) in [6.45, 7) is 0.727. The van der Waals surface area contributed by atoms with Crippen LogP contribution < -0.4 is 0 Å². The fourth-order valence-corrected chi connectivity index (χ4v) is 0.883. The quantitative estimate of drug-likeness (QED) is 0.606. The van der Waals surface area contributed by atoms with E-state index in [1.807, 2.05) is 0 Å². The highest BCUT2D eigenvalue weighted by Gasteiger charge is 1.94. The topological polar surface area (TPSA) is 35.3 Å². The molecule has 0 aliphatic rings. The first-order chi connectivity index (χ1) is 5.43. The summed E-state index contributed by atoms with van der Waals surface area (Å²) in [6, 6.07) is 0. The second kappa shape index (κ2) is 4.91. The molecule has 0 unspecified atom stereocenters. The molecule has 1 radical (unpaired) electrons. The Hall–Kier alpha value is -0.830. The van der Waals surface area contributed by atoms with Crippen LogP contribution in [0, 0.1) is 7.11 Å². The van der Waals surface area contributed by atoms with E-state index in [1.54, 1.807) is 12.5 Å². The van der Waals surface area contributed by atoms with Crippen LogP contribution in [0.15, 0.2) is 17.0 Å². The van der Waals surface area contributed by atoms with Gasteiger partial charge >= 0.3 is 0 Å². The summed E-state index contributed by atoms with van der Waals surface area (Å²) in [7, 11) is 3.29. The standard InChI is InChI=1S/C8H12NO2/c1-10-5-3-2-4-8-6-9-11-7-8/h6-7H,1-5H2. The predicted molar refractivity (Wildman–Crippen MR) is 40.8 cm³/mol. The Morgan fingerprint density at radius 1 is 1.55 bits per heavy atom. The first kappa shape index (κ1) is 8.27. The molecule has 1 heterocycles. The van der Waals surface area contributed by atoms with Crippen molar-refractivity contribution in [2.24, 2.45) is 0 Å². The first-order valence-corrected chi connectivity index (χ1v) is 3.68. The molecule has 1 rings (SSSR count). The average molecular weight is 154 g/mol. The highest BCUT2D eigenvalue weighted by molar-refractivity contribution is 4.99. The molecule has 0 amide bonds. The van der Waals surface area contributed by atoms with Crippen LogP contribution in [0.5, 0.6) is 0 Å². The molecular weight excluding hydrogens is 142 g/mol. The van der Waals surface area contributed by atoms with E-state index >= 15 is 0 Å². The van der Waals surface area contributed by atoms with Gasteiger partial charge < -0.3 is 9.26 Å². The highest BCUT2D eigenvalue weighted by atomic mass is 16.5. The minimum Gasteiger partial charge on any atom is -0.379 e. The Labute approximate surface area is 66.3 Å². The van der Waals surface area contributed by atoms with Crippen LogP contribution in [0.2, 0.25) is 0 Å². The van der Waals surface area contributed by atoms with Gasteiger partial charge in [-0.05, 0) is 19.3 Å². The van der Waals surface area contributed by atoms with E-state index in [4.69, 9.17) is 0 Å². The molecule has 0 aromatic carbocycles. The van der Waals surface area contributed by atoms with Crippen molar-refractivity contribution in [1.29, 1.82) is 0 Å². The lowest BCUT2D eigenvalue weighted by molar-refractivity contribution is 0.235. The van der Waals surface area contributed by atoms with Crippen LogP contribution in [0.3, 0.4) is 0 Å². The molecule has 0 fully saturated rings. The number of unbranched alkanes of at least 4 members (excludes halogenated alkanes) is 1. The van der Waals surface area contributed by atoms with Gasteiger partial charge in [0.2, 0.25) is 0 Å². The first-order valence-electron chi connectivity index (χ1n) is 3.68. The Kier molecular flexibility index (Phi) is 3.69. The molecule has 0 aliphatic carbocycles. The maximum absolute atomic E-state index is 4.68. The van der Waals surface area contributed by atoms with Gasteiger partial charge in [-0.15, -0.1) is 0 Å². The zero-order valence-corrected chi connectivity index (χ0v) is 6.45. The Morgan fingerprint density at radius 2 is 2.45 bits per heavy atom. The van der Waals surface area contributed by atoms with Crippen molar-refractivity contribution in [2.75, 3.05) is 6.61 Å². The van der Waals surface area contributed by atoms with Crippen molar-refractivity contribution in [3.63, 3.8) is 0 Å². The zero-order chi connectivity index (χ0) is 7.94. The Bertz CT molecular complexity index is 172. The SMILES string of the molecule is [CH2]OCCCCc1cnoc1. The van der Waals surface area contributed by atoms with Crippen LogP contribution in [0.25, 0.3) is 0 Å². The molecule has 1 aromatic heterocycles. The van der Waals surface area contributed by atoms with Gasteiger partial charge in [0, 0.05) is 12.2 Å². The molecule has 0 aliphatic heterocycles. The number of hydrogen-bond donors (Lipinski definition) is 0. The molecule has 0 saturated heterocycles. The van der Waals surface area contributed by atoms with Crippen molar-refractivity contribution < 1.29 is 9.26 Å². The monoisotopic (exact) mass is 154 g/mol. The Balaban J connectivity index is 2.04. The molecule has 0 N–H and O–H groups in total. The number of rotatable bonds is 5. The van der Waals surface area contributed by atoms with Crippen molar-refractivity contribution in [3.8, 4) is 0 Å². The van der Waals surface area contributed by atoms with E-state index in [0.717, 1.165) is 31.4 Å². The molecule has 1 aromatic rings. The summed E-state index contributed by atoms with van der Waals surface area (Å²) in [5.74, 6) is 0. The summed E-state index contributed by atoms with van der Waals surface area (Å²) in [4.78, 5) is 0. The minimum absolute atomic E-state index is 0.727. The van der Waals surface area contributed by atoms with Crippen LogP contribution in [0.1, 0.15) is 18.4 Å². The second-order valence-corrected chi connectivity index (χ2v) is 2.40. The largest absolute Gasteiger partial charge is 0.379 e. The molecule has 3 heteroatoms. The lowest BCUT2D eigenvalue weighted by atomic mass is 10.2. The van der Waals surface area contributed by atoms with E-state index in [0.29, 0.717) is 0 Å². The molecular formula is C8H12NO2. The predicted octanol–water partition coefficient (Wildman–Crippen LogP) is 1.81. The van der Waals surface area contributed by atoms with Crippen molar-refractivity contribution in [3.05, 3.63) is 25.1 Å². The van der Waals surface area contributed by atoms with Crippen LogP contribution in [-0.4, -0.2) is 11.8 Å². The summed E-state index contributed by atoms with van der Waals surface area (Å²) < 4.78 is 9.35. The average Bonchev–Trinajstić information content (AvgIpc) is 2.50. The lowest BCUT2D eigenvalue weighted by Crippen LogP contribution is -1.88. The normalized spacial score (nSPS) is 10.3.